The Bertz CT molecular complexity index is 690. The number of nitrogens with one attached hydrogen (secondary N) is 1. The number of hydrogen-bond acceptors (Lipinski definition) is 5. The first-order valence-electron chi connectivity index (χ1n) is 7.70. The Morgan fingerprint density at radius 1 is 1.50 bits per heavy atom. The Balaban J connectivity index is 1.99. The van der Waals surface area contributed by atoms with Crippen LogP contribution in [0.5, 0.6) is 0 Å². The van der Waals surface area contributed by atoms with Gasteiger partial charge in [-0.25, -0.2) is 14.5 Å². The van der Waals surface area contributed by atoms with Crippen molar-refractivity contribution >= 4 is 18.2 Å². The lowest BCUT2D eigenvalue weighted by molar-refractivity contribution is -0.133. The summed E-state index contributed by atoms with van der Waals surface area (Å²) in [5, 5.41) is 15.9. The summed E-state index contributed by atoms with van der Waals surface area (Å²) in [6.07, 6.45) is 9.17. The fourth-order valence-electron chi connectivity index (χ4n) is 2.53. The van der Waals surface area contributed by atoms with Crippen molar-refractivity contribution in [2.24, 2.45) is 10.7 Å². The highest BCUT2D eigenvalue weighted by molar-refractivity contribution is 5.90. The van der Waals surface area contributed by atoms with Crippen LogP contribution in [0.1, 0.15) is 31.2 Å². The summed E-state index contributed by atoms with van der Waals surface area (Å²) in [5.74, 6) is -1.38. The van der Waals surface area contributed by atoms with E-state index in [1.165, 1.54) is 17.2 Å². The lowest BCUT2D eigenvalue weighted by Crippen LogP contribution is -2.42. The van der Waals surface area contributed by atoms with Gasteiger partial charge < -0.3 is 16.2 Å². The van der Waals surface area contributed by atoms with Crippen LogP contribution in [0.3, 0.4) is 0 Å². The minimum absolute atomic E-state index is 0.273. The average molecular weight is 331 g/mol. The Morgan fingerprint density at radius 2 is 2.25 bits per heavy atom. The number of hydrogen-bond donors (Lipinski definition) is 3. The van der Waals surface area contributed by atoms with Gasteiger partial charge in [-0.1, -0.05) is 6.58 Å². The second-order valence-electron chi connectivity index (χ2n) is 5.54. The minimum atomic E-state index is -0.985. The number of amides is 1. The number of carboxylic acids is 1. The zero-order valence-electron chi connectivity index (χ0n) is 13.3. The van der Waals surface area contributed by atoms with Crippen LogP contribution in [0.25, 0.3) is 0 Å². The second kappa shape index (κ2) is 8.21. The van der Waals surface area contributed by atoms with Crippen molar-refractivity contribution in [2.45, 2.75) is 38.1 Å². The molecule has 1 aromatic rings. The van der Waals surface area contributed by atoms with Gasteiger partial charge in [-0.2, -0.15) is 5.10 Å². The molecule has 0 spiro atoms. The smallest absolute Gasteiger partial charge is 0.333 e. The number of allylic oxidation sites excluding steroid dienone is 1. The molecular weight excluding hydrogens is 310 g/mol. The van der Waals surface area contributed by atoms with Gasteiger partial charge in [0.2, 0.25) is 5.91 Å². The van der Waals surface area contributed by atoms with Crippen molar-refractivity contribution < 1.29 is 14.7 Å². The Hall–Kier alpha value is -2.74. The number of carbonyl (C=O) groups excluding carboxylic acids is 1. The molecule has 2 rings (SSSR count). The van der Waals surface area contributed by atoms with Gasteiger partial charge in [0, 0.05) is 18.1 Å². The number of rotatable bonds is 7. The van der Waals surface area contributed by atoms with Crippen LogP contribution < -0.4 is 11.1 Å². The van der Waals surface area contributed by atoms with Crippen LogP contribution in [0, 0.1) is 0 Å². The normalized spacial score (nSPS) is 16.2. The van der Waals surface area contributed by atoms with E-state index in [0.717, 1.165) is 18.4 Å². The molecule has 0 saturated carbocycles. The monoisotopic (exact) mass is 331 g/mol. The Labute approximate surface area is 139 Å². The first-order chi connectivity index (χ1) is 11.5. The van der Waals surface area contributed by atoms with Crippen molar-refractivity contribution in [1.29, 1.82) is 0 Å². The number of aliphatic carboxylic acids is 1. The molecule has 0 aromatic carbocycles. The first kappa shape index (κ1) is 17.6. The first-order valence-corrected chi connectivity index (χ1v) is 7.70. The van der Waals surface area contributed by atoms with Gasteiger partial charge >= 0.3 is 5.97 Å². The third-order valence-electron chi connectivity index (χ3n) is 3.74. The van der Waals surface area contributed by atoms with Crippen molar-refractivity contribution in [3.05, 3.63) is 42.0 Å². The third-order valence-corrected chi connectivity index (χ3v) is 3.74. The molecule has 0 fully saturated rings. The molecule has 128 valence electrons. The molecule has 1 amide bonds. The van der Waals surface area contributed by atoms with Gasteiger partial charge in [0.25, 0.3) is 0 Å². The van der Waals surface area contributed by atoms with E-state index in [9.17, 15) is 14.7 Å². The molecule has 1 aromatic heterocycles. The van der Waals surface area contributed by atoms with E-state index in [1.54, 1.807) is 12.4 Å². The molecule has 1 heterocycles. The maximum Gasteiger partial charge on any atom is 0.333 e. The largest absolute Gasteiger partial charge is 0.478 e. The van der Waals surface area contributed by atoms with Crippen molar-refractivity contribution in [3.8, 4) is 0 Å². The zero-order chi connectivity index (χ0) is 17.5. The fourth-order valence-corrected chi connectivity index (χ4v) is 2.53. The highest BCUT2D eigenvalue weighted by Crippen LogP contribution is 2.23. The summed E-state index contributed by atoms with van der Waals surface area (Å²) in [6.45, 7) is 3.47. The van der Waals surface area contributed by atoms with E-state index in [2.05, 4.69) is 22.0 Å². The number of nitrogens with zero attached hydrogens (tertiary/aromatic N) is 3. The summed E-state index contributed by atoms with van der Waals surface area (Å²) >= 11 is 0. The van der Waals surface area contributed by atoms with Crippen molar-refractivity contribution in [3.63, 3.8) is 0 Å². The number of carboxylic acid groups (broad SMARTS) is 1. The number of aliphatic imine (C=N–C) groups is 1. The molecule has 4 N–H and O–H groups in total. The molecular formula is C16H21N5O3. The number of nitrogens with two attached hydrogens (primary N) is 1. The highest BCUT2D eigenvalue weighted by Gasteiger charge is 2.22. The highest BCUT2D eigenvalue weighted by atomic mass is 16.4. The molecule has 0 aliphatic heterocycles. The maximum atomic E-state index is 12.2. The third kappa shape index (κ3) is 4.63. The van der Waals surface area contributed by atoms with E-state index < -0.39 is 17.9 Å². The van der Waals surface area contributed by atoms with E-state index in [4.69, 9.17) is 5.73 Å². The van der Waals surface area contributed by atoms with Crippen LogP contribution in [-0.2, 0) is 16.0 Å². The van der Waals surface area contributed by atoms with E-state index in [1.807, 2.05) is 0 Å². The van der Waals surface area contributed by atoms with Gasteiger partial charge in [0.05, 0.1) is 17.8 Å². The van der Waals surface area contributed by atoms with Gasteiger partial charge in [-0.05, 0) is 37.7 Å². The summed E-state index contributed by atoms with van der Waals surface area (Å²) in [5.41, 5.74) is 7.46. The number of aromatic nitrogens is 2. The standard InChI is InChI=1S/C16H21N5O3/c1-2-18-10-21-9-11(8-19-21)7-13(17)15(22)20-14-6-4-3-5-12(14)16(23)24/h2,8-10,13H,1,3-7,17H2,(H,20,22)(H,23,24). The molecule has 1 aliphatic carbocycles. The summed E-state index contributed by atoms with van der Waals surface area (Å²) < 4.78 is 1.49. The predicted molar refractivity (Wildman–Crippen MR) is 89.3 cm³/mol. The quantitative estimate of drug-likeness (QED) is 0.504. The Kier molecular flexibility index (Phi) is 6.02. The zero-order valence-corrected chi connectivity index (χ0v) is 13.3. The van der Waals surface area contributed by atoms with Crippen LogP contribution in [0.4, 0.5) is 0 Å². The number of carbonyl (C=O) groups is 2. The summed E-state index contributed by atoms with van der Waals surface area (Å²) in [7, 11) is 0. The predicted octanol–water partition coefficient (Wildman–Crippen LogP) is 0.802. The van der Waals surface area contributed by atoms with Gasteiger partial charge in [-0.15, -0.1) is 0 Å². The maximum absolute atomic E-state index is 12.2. The Morgan fingerprint density at radius 3 is 2.96 bits per heavy atom. The summed E-state index contributed by atoms with van der Waals surface area (Å²) in [6, 6.07) is -0.788. The van der Waals surface area contributed by atoms with Crippen LogP contribution in [0.2, 0.25) is 0 Å². The molecule has 8 heteroatoms. The summed E-state index contributed by atoms with van der Waals surface area (Å²) in [4.78, 5) is 27.3. The van der Waals surface area contributed by atoms with Crippen molar-refractivity contribution in [2.75, 3.05) is 0 Å². The molecule has 0 bridgehead atoms. The van der Waals surface area contributed by atoms with Gasteiger partial charge in [0.1, 0.15) is 6.34 Å². The molecule has 24 heavy (non-hydrogen) atoms. The second-order valence-corrected chi connectivity index (χ2v) is 5.54. The van der Waals surface area contributed by atoms with Crippen LogP contribution in [-0.4, -0.2) is 39.1 Å². The molecule has 0 saturated heterocycles. The molecule has 1 unspecified atom stereocenters. The van der Waals surface area contributed by atoms with E-state index in [-0.39, 0.29) is 5.57 Å². The molecule has 1 aliphatic rings. The van der Waals surface area contributed by atoms with Crippen LogP contribution >= 0.6 is 0 Å². The van der Waals surface area contributed by atoms with E-state index >= 15 is 0 Å². The van der Waals surface area contributed by atoms with E-state index in [0.29, 0.717) is 25.0 Å². The van der Waals surface area contributed by atoms with Gasteiger partial charge in [0.15, 0.2) is 0 Å². The fraction of sp³-hybridized carbons (Fsp3) is 0.375. The SMILES string of the molecule is C=CN=Cn1cc(CC(N)C(=O)NC2=C(C(=O)O)CCCC2)cn1. The van der Waals surface area contributed by atoms with Crippen LogP contribution in [0.15, 0.2) is 41.4 Å². The van der Waals surface area contributed by atoms with Gasteiger partial charge in [-0.3, -0.25) is 4.79 Å². The average Bonchev–Trinajstić information content (AvgIpc) is 3.00. The molecule has 1 atom stereocenters. The topological polar surface area (TPSA) is 123 Å². The molecule has 0 radical (unpaired) electrons. The lowest BCUT2D eigenvalue weighted by Gasteiger charge is -2.20. The van der Waals surface area contributed by atoms with Crippen molar-refractivity contribution in [1.82, 2.24) is 15.1 Å². The minimum Gasteiger partial charge on any atom is -0.478 e. The molecule has 8 nitrogen and oxygen atoms in total. The lowest BCUT2D eigenvalue weighted by atomic mass is 9.96.